The highest BCUT2D eigenvalue weighted by atomic mass is 16.5. The Morgan fingerprint density at radius 1 is 1.39 bits per heavy atom. The minimum absolute atomic E-state index is 0.109. The molecule has 1 heterocycles. The van der Waals surface area contributed by atoms with Crippen LogP contribution in [0.4, 0.5) is 0 Å². The Bertz CT molecular complexity index is 520. The molecule has 0 bridgehead atoms. The van der Waals surface area contributed by atoms with Gasteiger partial charge in [0, 0.05) is 18.2 Å². The van der Waals surface area contributed by atoms with Crippen LogP contribution in [-0.4, -0.2) is 38.1 Å². The Labute approximate surface area is 106 Å². The molecule has 0 radical (unpaired) electrons. The molecule has 0 unspecified atom stereocenters. The molecule has 0 saturated carbocycles. The van der Waals surface area contributed by atoms with E-state index in [2.05, 4.69) is 0 Å². The summed E-state index contributed by atoms with van der Waals surface area (Å²) in [6.07, 6.45) is 0.690. The lowest BCUT2D eigenvalue weighted by Gasteiger charge is -2.27. The van der Waals surface area contributed by atoms with Crippen molar-refractivity contribution in [2.75, 3.05) is 27.3 Å². The zero-order valence-electron chi connectivity index (χ0n) is 10.4. The second kappa shape index (κ2) is 4.96. The summed E-state index contributed by atoms with van der Waals surface area (Å²) in [4.78, 5) is 13.7. The van der Waals surface area contributed by atoms with Crippen LogP contribution in [0.3, 0.4) is 0 Å². The van der Waals surface area contributed by atoms with Gasteiger partial charge in [-0.1, -0.05) is 0 Å². The number of amides is 1. The van der Waals surface area contributed by atoms with Gasteiger partial charge < -0.3 is 14.4 Å². The van der Waals surface area contributed by atoms with Gasteiger partial charge in [-0.05, 0) is 12.5 Å². The van der Waals surface area contributed by atoms with E-state index >= 15 is 0 Å². The van der Waals surface area contributed by atoms with Crippen LogP contribution in [0.15, 0.2) is 12.1 Å². The van der Waals surface area contributed by atoms with Gasteiger partial charge >= 0.3 is 0 Å². The van der Waals surface area contributed by atoms with Crippen molar-refractivity contribution in [3.63, 3.8) is 0 Å². The Morgan fingerprint density at radius 2 is 2.17 bits per heavy atom. The van der Waals surface area contributed by atoms with Crippen molar-refractivity contribution >= 4 is 5.91 Å². The van der Waals surface area contributed by atoms with Crippen LogP contribution in [0.2, 0.25) is 0 Å². The Hall–Kier alpha value is -2.22. The molecule has 94 valence electrons. The minimum atomic E-state index is -0.144. The maximum Gasteiger partial charge on any atom is 0.255 e. The zero-order valence-corrected chi connectivity index (χ0v) is 10.4. The number of hydrogen-bond acceptors (Lipinski definition) is 4. The highest BCUT2D eigenvalue weighted by Crippen LogP contribution is 2.32. The van der Waals surface area contributed by atoms with Crippen LogP contribution in [0.1, 0.15) is 15.9 Å². The molecule has 1 amide bonds. The van der Waals surface area contributed by atoms with E-state index in [9.17, 15) is 4.79 Å². The number of methoxy groups -OCH3 is 2. The van der Waals surface area contributed by atoms with Gasteiger partial charge in [0.2, 0.25) is 0 Å². The minimum Gasteiger partial charge on any atom is -0.497 e. The second-order valence-corrected chi connectivity index (χ2v) is 3.99. The molecule has 1 aliphatic rings. The Morgan fingerprint density at radius 3 is 2.78 bits per heavy atom. The first-order valence-corrected chi connectivity index (χ1v) is 5.62. The number of nitriles is 1. The third kappa shape index (κ3) is 1.97. The molecule has 0 atom stereocenters. The molecule has 0 aliphatic carbocycles. The molecule has 0 aromatic heterocycles. The molecular formula is C13H14N2O3. The fraction of sp³-hybridized carbons (Fsp3) is 0.385. The van der Waals surface area contributed by atoms with Crippen molar-refractivity contribution in [2.24, 2.45) is 0 Å². The van der Waals surface area contributed by atoms with E-state index in [1.54, 1.807) is 26.4 Å². The monoisotopic (exact) mass is 246 g/mol. The average molecular weight is 246 g/mol. The van der Waals surface area contributed by atoms with E-state index in [0.29, 0.717) is 30.0 Å². The molecular weight excluding hydrogens is 232 g/mol. The number of carbonyl (C=O) groups is 1. The molecule has 1 aromatic rings. The number of fused-ring (bicyclic) bond motifs is 1. The topological polar surface area (TPSA) is 62.6 Å². The maximum absolute atomic E-state index is 12.2. The largest absolute Gasteiger partial charge is 0.497 e. The Balaban J connectivity index is 2.47. The first-order chi connectivity index (χ1) is 8.71. The van der Waals surface area contributed by atoms with Crippen LogP contribution >= 0.6 is 0 Å². The fourth-order valence-corrected chi connectivity index (χ4v) is 2.12. The summed E-state index contributed by atoms with van der Waals surface area (Å²) < 4.78 is 10.4. The highest BCUT2D eigenvalue weighted by molar-refractivity contribution is 5.98. The molecule has 5 nitrogen and oxygen atoms in total. The van der Waals surface area contributed by atoms with Gasteiger partial charge in [-0.2, -0.15) is 5.26 Å². The quantitative estimate of drug-likeness (QED) is 0.752. The summed E-state index contributed by atoms with van der Waals surface area (Å²) in [6, 6.07) is 5.47. The van der Waals surface area contributed by atoms with E-state index in [-0.39, 0.29) is 12.5 Å². The molecule has 2 rings (SSSR count). The lowest BCUT2D eigenvalue weighted by molar-refractivity contribution is 0.0759. The third-order valence-electron chi connectivity index (χ3n) is 3.05. The second-order valence-electron chi connectivity index (χ2n) is 3.99. The van der Waals surface area contributed by atoms with Gasteiger partial charge in [0.15, 0.2) is 0 Å². The number of carbonyl (C=O) groups excluding carboxylic acids is 1. The van der Waals surface area contributed by atoms with E-state index < -0.39 is 0 Å². The first kappa shape index (κ1) is 12.2. The summed E-state index contributed by atoms with van der Waals surface area (Å²) >= 11 is 0. The van der Waals surface area contributed by atoms with Crippen LogP contribution in [0.5, 0.6) is 11.5 Å². The van der Waals surface area contributed by atoms with Crippen molar-refractivity contribution in [3.8, 4) is 17.6 Å². The summed E-state index contributed by atoms with van der Waals surface area (Å²) in [5.41, 5.74) is 1.45. The lowest BCUT2D eigenvalue weighted by Crippen LogP contribution is -2.37. The molecule has 5 heteroatoms. The average Bonchev–Trinajstić information content (AvgIpc) is 2.41. The molecule has 18 heavy (non-hydrogen) atoms. The van der Waals surface area contributed by atoms with Crippen LogP contribution < -0.4 is 9.47 Å². The molecule has 0 N–H and O–H groups in total. The van der Waals surface area contributed by atoms with Crippen molar-refractivity contribution in [1.82, 2.24) is 4.90 Å². The first-order valence-electron chi connectivity index (χ1n) is 5.62. The van der Waals surface area contributed by atoms with Crippen molar-refractivity contribution in [1.29, 1.82) is 5.26 Å². The van der Waals surface area contributed by atoms with Gasteiger partial charge in [-0.25, -0.2) is 0 Å². The molecule has 1 aliphatic heterocycles. The maximum atomic E-state index is 12.2. The van der Waals surface area contributed by atoms with Gasteiger partial charge in [0.05, 0.1) is 25.9 Å². The normalized spacial score (nSPS) is 13.8. The molecule has 0 saturated heterocycles. The summed E-state index contributed by atoms with van der Waals surface area (Å²) in [7, 11) is 3.11. The Kier molecular flexibility index (Phi) is 3.38. The number of ether oxygens (including phenoxy) is 2. The van der Waals surface area contributed by atoms with Gasteiger partial charge in [-0.15, -0.1) is 0 Å². The van der Waals surface area contributed by atoms with Crippen molar-refractivity contribution < 1.29 is 14.3 Å². The van der Waals surface area contributed by atoms with Crippen molar-refractivity contribution in [3.05, 3.63) is 23.3 Å². The van der Waals surface area contributed by atoms with Gasteiger partial charge in [0.25, 0.3) is 5.91 Å². The SMILES string of the molecule is COc1cc(OC)c2c(c1)C(=O)N(CC#N)CC2. The highest BCUT2D eigenvalue weighted by Gasteiger charge is 2.27. The summed E-state index contributed by atoms with van der Waals surface area (Å²) in [5, 5.41) is 8.69. The van der Waals surface area contributed by atoms with Crippen LogP contribution in [0, 0.1) is 11.3 Å². The van der Waals surface area contributed by atoms with Crippen molar-refractivity contribution in [2.45, 2.75) is 6.42 Å². The standard InChI is InChI=1S/C13H14N2O3/c1-17-9-7-11-10(12(8-9)18-2)3-5-15(6-4-14)13(11)16/h7-8H,3,5-6H2,1-2H3. The predicted octanol–water partition coefficient (Wildman–Crippen LogP) is 1.23. The summed E-state index contributed by atoms with van der Waals surface area (Å²) in [6.45, 7) is 0.653. The number of benzene rings is 1. The smallest absolute Gasteiger partial charge is 0.255 e. The molecule has 0 fully saturated rings. The lowest BCUT2D eigenvalue weighted by atomic mass is 9.97. The van der Waals surface area contributed by atoms with Crippen LogP contribution in [-0.2, 0) is 6.42 Å². The van der Waals surface area contributed by atoms with Gasteiger partial charge in [0.1, 0.15) is 18.0 Å². The summed E-state index contributed by atoms with van der Waals surface area (Å²) in [5.74, 6) is 1.10. The molecule has 1 aromatic carbocycles. The van der Waals surface area contributed by atoms with E-state index in [4.69, 9.17) is 14.7 Å². The van der Waals surface area contributed by atoms with E-state index in [1.807, 2.05) is 6.07 Å². The number of rotatable bonds is 3. The van der Waals surface area contributed by atoms with Crippen LogP contribution in [0.25, 0.3) is 0 Å². The molecule has 0 spiro atoms. The number of nitrogens with zero attached hydrogens (tertiary/aromatic N) is 2. The van der Waals surface area contributed by atoms with E-state index in [0.717, 1.165) is 5.56 Å². The number of hydrogen-bond donors (Lipinski definition) is 0. The fourth-order valence-electron chi connectivity index (χ4n) is 2.12. The zero-order chi connectivity index (χ0) is 13.1. The predicted molar refractivity (Wildman–Crippen MR) is 64.8 cm³/mol. The van der Waals surface area contributed by atoms with E-state index in [1.165, 1.54) is 4.90 Å². The van der Waals surface area contributed by atoms with Gasteiger partial charge in [-0.3, -0.25) is 4.79 Å². The third-order valence-corrected chi connectivity index (χ3v) is 3.05.